The van der Waals surface area contributed by atoms with Gasteiger partial charge in [-0.05, 0) is 43.2 Å². The predicted molar refractivity (Wildman–Crippen MR) is 95.1 cm³/mol. The molecule has 23 heavy (non-hydrogen) atoms. The van der Waals surface area contributed by atoms with E-state index in [-0.39, 0.29) is 0 Å². The summed E-state index contributed by atoms with van der Waals surface area (Å²) >= 11 is 1.88. The number of rotatable bonds is 4. The third-order valence-electron chi connectivity index (χ3n) is 4.94. The fourth-order valence-electron chi connectivity index (χ4n) is 3.67. The summed E-state index contributed by atoms with van der Waals surface area (Å²) in [5, 5.41) is 1.34. The molecule has 0 atom stereocenters. The van der Waals surface area contributed by atoms with Crippen molar-refractivity contribution in [3.05, 3.63) is 52.7 Å². The summed E-state index contributed by atoms with van der Waals surface area (Å²) in [5.41, 5.74) is 2.89. The highest BCUT2D eigenvalue weighted by Crippen LogP contribution is 2.42. The van der Waals surface area contributed by atoms with Crippen LogP contribution < -0.4 is 4.90 Å². The molecule has 1 saturated carbocycles. The Morgan fingerprint density at radius 2 is 1.96 bits per heavy atom. The van der Waals surface area contributed by atoms with Crippen molar-refractivity contribution >= 4 is 27.4 Å². The van der Waals surface area contributed by atoms with Crippen LogP contribution in [0, 0.1) is 0 Å². The van der Waals surface area contributed by atoms with Crippen LogP contribution in [-0.4, -0.2) is 16.0 Å². The van der Waals surface area contributed by atoms with Gasteiger partial charge >= 0.3 is 0 Å². The van der Waals surface area contributed by atoms with Gasteiger partial charge in [0.2, 0.25) is 0 Å². The van der Waals surface area contributed by atoms with Gasteiger partial charge in [0.05, 0.1) is 5.39 Å². The molecule has 2 aliphatic rings. The average molecular weight is 321 g/mol. The van der Waals surface area contributed by atoms with E-state index >= 15 is 0 Å². The van der Waals surface area contributed by atoms with Crippen molar-refractivity contribution in [3.63, 3.8) is 0 Å². The Kier molecular flexibility index (Phi) is 3.11. The van der Waals surface area contributed by atoms with Crippen molar-refractivity contribution in [2.24, 2.45) is 0 Å². The van der Waals surface area contributed by atoms with Crippen molar-refractivity contribution in [3.8, 4) is 0 Å². The maximum Gasteiger partial charge on any atom is 0.141 e. The Morgan fingerprint density at radius 3 is 2.78 bits per heavy atom. The standard InChI is InChI=1S/C19H19N3S/c1-2-5-13(6-3-1)11-22(14-9-10-14)18-17-15-7-4-8-16(15)23-19(17)21-12-20-18/h1-3,5-6,12,14H,4,7-11H2. The number of thiophene rings is 1. The highest BCUT2D eigenvalue weighted by Gasteiger charge is 2.33. The Morgan fingerprint density at radius 1 is 1.09 bits per heavy atom. The molecular formula is C19H19N3S. The Hall–Kier alpha value is -1.94. The Labute approximate surface area is 140 Å². The molecule has 0 amide bonds. The van der Waals surface area contributed by atoms with Crippen LogP contribution in [0.25, 0.3) is 10.2 Å². The van der Waals surface area contributed by atoms with Gasteiger partial charge in [-0.2, -0.15) is 0 Å². The summed E-state index contributed by atoms with van der Waals surface area (Å²) in [7, 11) is 0. The molecule has 2 aromatic heterocycles. The van der Waals surface area contributed by atoms with E-state index in [9.17, 15) is 0 Å². The smallest absolute Gasteiger partial charge is 0.141 e. The number of hydrogen-bond donors (Lipinski definition) is 0. The van der Waals surface area contributed by atoms with E-state index in [1.165, 1.54) is 64.1 Å². The minimum Gasteiger partial charge on any atom is -0.349 e. The lowest BCUT2D eigenvalue weighted by Gasteiger charge is -2.24. The molecule has 116 valence electrons. The molecule has 5 rings (SSSR count). The van der Waals surface area contributed by atoms with E-state index in [1.54, 1.807) is 6.33 Å². The van der Waals surface area contributed by atoms with Crippen LogP contribution in [0.15, 0.2) is 36.7 Å². The first-order valence-electron chi connectivity index (χ1n) is 8.46. The minimum atomic E-state index is 0.644. The number of benzene rings is 1. The van der Waals surface area contributed by atoms with E-state index in [4.69, 9.17) is 4.98 Å². The normalized spacial score (nSPS) is 16.7. The van der Waals surface area contributed by atoms with Crippen LogP contribution in [-0.2, 0) is 19.4 Å². The van der Waals surface area contributed by atoms with Crippen molar-refractivity contribution in [1.29, 1.82) is 0 Å². The van der Waals surface area contributed by atoms with Gasteiger partial charge in [-0.25, -0.2) is 9.97 Å². The monoisotopic (exact) mass is 321 g/mol. The molecule has 3 aromatic rings. The summed E-state index contributed by atoms with van der Waals surface area (Å²) in [4.78, 5) is 14.5. The molecule has 0 saturated heterocycles. The lowest BCUT2D eigenvalue weighted by molar-refractivity contribution is 0.780. The fraction of sp³-hybridized carbons (Fsp3) is 0.368. The second-order valence-electron chi connectivity index (χ2n) is 6.58. The molecule has 1 aromatic carbocycles. The van der Waals surface area contributed by atoms with Crippen molar-refractivity contribution in [1.82, 2.24) is 9.97 Å². The molecule has 0 unspecified atom stereocenters. The lowest BCUT2D eigenvalue weighted by atomic mass is 10.1. The second-order valence-corrected chi connectivity index (χ2v) is 7.66. The van der Waals surface area contributed by atoms with Crippen LogP contribution >= 0.6 is 11.3 Å². The largest absolute Gasteiger partial charge is 0.349 e. The molecule has 3 nitrogen and oxygen atoms in total. The fourth-order valence-corrected chi connectivity index (χ4v) is 4.90. The number of fused-ring (bicyclic) bond motifs is 3. The predicted octanol–water partition coefficient (Wildman–Crippen LogP) is 4.35. The maximum atomic E-state index is 4.74. The van der Waals surface area contributed by atoms with Gasteiger partial charge < -0.3 is 4.90 Å². The SMILES string of the molecule is c1ccc(CN(c2ncnc3sc4c(c23)CCC4)C2CC2)cc1. The highest BCUT2D eigenvalue weighted by molar-refractivity contribution is 7.19. The molecule has 2 aliphatic carbocycles. The maximum absolute atomic E-state index is 4.74. The molecule has 0 spiro atoms. The number of aryl methyl sites for hydroxylation is 2. The van der Waals surface area contributed by atoms with E-state index in [2.05, 4.69) is 40.2 Å². The first kappa shape index (κ1) is 13.5. The quantitative estimate of drug-likeness (QED) is 0.715. The van der Waals surface area contributed by atoms with Gasteiger partial charge in [0.1, 0.15) is 17.0 Å². The lowest BCUT2D eigenvalue weighted by Crippen LogP contribution is -2.26. The summed E-state index contributed by atoms with van der Waals surface area (Å²) in [6, 6.07) is 11.4. The zero-order valence-electron chi connectivity index (χ0n) is 13.0. The van der Waals surface area contributed by atoms with Gasteiger partial charge in [0.25, 0.3) is 0 Å². The van der Waals surface area contributed by atoms with E-state index in [0.717, 1.165) is 6.54 Å². The van der Waals surface area contributed by atoms with Crippen LogP contribution in [0.5, 0.6) is 0 Å². The van der Waals surface area contributed by atoms with Crippen LogP contribution in [0.3, 0.4) is 0 Å². The van der Waals surface area contributed by atoms with Gasteiger partial charge in [-0.15, -0.1) is 11.3 Å². The van der Waals surface area contributed by atoms with E-state index < -0.39 is 0 Å². The number of anilines is 1. The van der Waals surface area contributed by atoms with Crippen molar-refractivity contribution in [2.75, 3.05) is 4.90 Å². The van der Waals surface area contributed by atoms with Gasteiger partial charge in [-0.3, -0.25) is 0 Å². The summed E-state index contributed by atoms with van der Waals surface area (Å²) in [6.07, 6.45) is 8.02. The minimum absolute atomic E-state index is 0.644. The summed E-state index contributed by atoms with van der Waals surface area (Å²) < 4.78 is 0. The van der Waals surface area contributed by atoms with Crippen LogP contribution in [0.4, 0.5) is 5.82 Å². The molecule has 2 heterocycles. The number of aromatic nitrogens is 2. The van der Waals surface area contributed by atoms with Crippen molar-refractivity contribution in [2.45, 2.75) is 44.7 Å². The van der Waals surface area contributed by atoms with Crippen LogP contribution in [0.2, 0.25) is 0 Å². The zero-order chi connectivity index (χ0) is 15.2. The highest BCUT2D eigenvalue weighted by atomic mass is 32.1. The van der Waals surface area contributed by atoms with Gasteiger partial charge in [0, 0.05) is 17.5 Å². The zero-order valence-corrected chi connectivity index (χ0v) is 13.9. The summed E-state index contributed by atoms with van der Waals surface area (Å²) in [6.45, 7) is 0.947. The molecule has 0 radical (unpaired) electrons. The first-order chi connectivity index (χ1) is 11.4. The molecule has 0 bridgehead atoms. The van der Waals surface area contributed by atoms with E-state index in [1.807, 2.05) is 11.3 Å². The Balaban J connectivity index is 1.62. The van der Waals surface area contributed by atoms with Crippen LogP contribution in [0.1, 0.15) is 35.3 Å². The van der Waals surface area contributed by atoms with Gasteiger partial charge in [0.15, 0.2) is 0 Å². The second kappa shape index (κ2) is 5.31. The molecular weight excluding hydrogens is 302 g/mol. The van der Waals surface area contributed by atoms with E-state index in [0.29, 0.717) is 6.04 Å². The third-order valence-corrected chi connectivity index (χ3v) is 6.14. The Bertz CT molecular complexity index is 852. The first-order valence-corrected chi connectivity index (χ1v) is 9.27. The number of nitrogens with zero attached hydrogens (tertiary/aromatic N) is 3. The number of hydrogen-bond acceptors (Lipinski definition) is 4. The summed E-state index contributed by atoms with van der Waals surface area (Å²) in [5.74, 6) is 1.17. The topological polar surface area (TPSA) is 29.0 Å². The molecule has 0 N–H and O–H groups in total. The molecule has 1 fully saturated rings. The van der Waals surface area contributed by atoms with Gasteiger partial charge in [-0.1, -0.05) is 30.3 Å². The average Bonchev–Trinajstić information content (AvgIpc) is 3.21. The molecule has 4 heteroatoms. The van der Waals surface area contributed by atoms with Crippen molar-refractivity contribution < 1.29 is 0 Å². The molecule has 0 aliphatic heterocycles. The third kappa shape index (κ3) is 2.32.